The molecule has 1 N–H and O–H groups in total. The van der Waals surface area contributed by atoms with E-state index in [1.165, 1.54) is 19.6 Å². The molecule has 0 radical (unpaired) electrons. The lowest BCUT2D eigenvalue weighted by Crippen LogP contribution is -2.35. The van der Waals surface area contributed by atoms with Gasteiger partial charge in [-0.05, 0) is 19.0 Å². The van der Waals surface area contributed by atoms with Crippen LogP contribution in [0.4, 0.5) is 0 Å². The van der Waals surface area contributed by atoms with E-state index in [0.29, 0.717) is 0 Å². The second kappa shape index (κ2) is 4.07. The van der Waals surface area contributed by atoms with Crippen molar-refractivity contribution in [3.63, 3.8) is 0 Å². The Morgan fingerprint density at radius 3 is 2.55 bits per heavy atom. The quantitative estimate of drug-likeness (QED) is 0.654. The zero-order valence-corrected chi connectivity index (χ0v) is 7.93. The smallest absolute Gasteiger partial charge is 0.0232 e. The number of nitrogens with zero attached hydrogens (tertiary/aromatic N) is 1. The van der Waals surface area contributed by atoms with E-state index >= 15 is 0 Å². The minimum atomic E-state index is 0.736. The third-order valence-corrected chi connectivity index (χ3v) is 2.60. The zero-order chi connectivity index (χ0) is 8.27. The van der Waals surface area contributed by atoms with Crippen molar-refractivity contribution in [2.24, 2.45) is 5.92 Å². The molecule has 1 heterocycles. The lowest BCUT2D eigenvalue weighted by molar-refractivity contribution is 0.342. The average Bonchev–Trinajstić information content (AvgIpc) is 2.33. The molecule has 1 aliphatic heterocycles. The molecule has 1 fully saturated rings. The van der Waals surface area contributed by atoms with Gasteiger partial charge in [-0.15, -0.1) is 0 Å². The van der Waals surface area contributed by atoms with Crippen LogP contribution >= 0.6 is 0 Å². The van der Waals surface area contributed by atoms with Gasteiger partial charge in [0.1, 0.15) is 0 Å². The molecule has 0 aliphatic carbocycles. The molecule has 1 aliphatic rings. The number of hydrogen-bond donors (Lipinski definition) is 1. The summed E-state index contributed by atoms with van der Waals surface area (Å²) in [6.07, 6.45) is 0. The molecule has 0 bridgehead atoms. The summed E-state index contributed by atoms with van der Waals surface area (Å²) >= 11 is 0. The molecule has 0 aromatic rings. The van der Waals surface area contributed by atoms with Crippen molar-refractivity contribution in [2.75, 3.05) is 26.2 Å². The number of nitrogens with one attached hydrogen (secondary N) is 1. The lowest BCUT2D eigenvalue weighted by atomic mass is 10.1. The van der Waals surface area contributed by atoms with Gasteiger partial charge in [-0.3, -0.25) is 0 Å². The molecule has 1 rings (SSSR count). The molecular formula is C9H20N2. The minimum absolute atomic E-state index is 0.736. The van der Waals surface area contributed by atoms with Crippen molar-refractivity contribution in [2.45, 2.75) is 26.8 Å². The fourth-order valence-corrected chi connectivity index (χ4v) is 1.85. The van der Waals surface area contributed by atoms with Gasteiger partial charge in [0, 0.05) is 19.1 Å². The monoisotopic (exact) mass is 156 g/mol. The fourth-order valence-electron chi connectivity index (χ4n) is 1.85. The summed E-state index contributed by atoms with van der Waals surface area (Å²) in [5, 5.41) is 3.52. The zero-order valence-electron chi connectivity index (χ0n) is 7.93. The van der Waals surface area contributed by atoms with E-state index in [9.17, 15) is 0 Å². The van der Waals surface area contributed by atoms with Crippen LogP contribution in [-0.4, -0.2) is 37.1 Å². The SMILES string of the molecule is CCNC1CN(CC)CC1C. The number of likely N-dealkylation sites (tertiary alicyclic amines) is 1. The Morgan fingerprint density at radius 1 is 1.36 bits per heavy atom. The van der Waals surface area contributed by atoms with E-state index < -0.39 is 0 Å². The first-order chi connectivity index (χ1) is 5.27. The molecule has 2 heteroatoms. The molecule has 0 spiro atoms. The normalized spacial score (nSPS) is 33.0. The standard InChI is InChI=1S/C9H20N2/c1-4-10-9-7-11(5-2)6-8(9)3/h8-10H,4-7H2,1-3H3. The van der Waals surface area contributed by atoms with E-state index in [1.807, 2.05) is 0 Å². The Bertz CT molecular complexity index is 114. The Balaban J connectivity index is 2.32. The predicted molar refractivity (Wildman–Crippen MR) is 48.7 cm³/mol. The van der Waals surface area contributed by atoms with Gasteiger partial charge in [0.15, 0.2) is 0 Å². The predicted octanol–water partition coefficient (Wildman–Crippen LogP) is 0.936. The highest BCUT2D eigenvalue weighted by molar-refractivity contribution is 4.85. The molecule has 0 amide bonds. The third-order valence-electron chi connectivity index (χ3n) is 2.60. The first-order valence-electron chi connectivity index (χ1n) is 4.73. The highest BCUT2D eigenvalue weighted by atomic mass is 15.2. The molecule has 2 unspecified atom stereocenters. The van der Waals surface area contributed by atoms with Gasteiger partial charge < -0.3 is 10.2 Å². The summed E-state index contributed by atoms with van der Waals surface area (Å²) in [5.41, 5.74) is 0. The van der Waals surface area contributed by atoms with Crippen LogP contribution in [0.1, 0.15) is 20.8 Å². The summed E-state index contributed by atoms with van der Waals surface area (Å²) < 4.78 is 0. The van der Waals surface area contributed by atoms with Crippen LogP contribution in [0.3, 0.4) is 0 Å². The van der Waals surface area contributed by atoms with E-state index in [0.717, 1.165) is 18.5 Å². The van der Waals surface area contributed by atoms with Crippen LogP contribution in [0.5, 0.6) is 0 Å². The van der Waals surface area contributed by atoms with Crippen molar-refractivity contribution >= 4 is 0 Å². The van der Waals surface area contributed by atoms with E-state index in [2.05, 4.69) is 31.0 Å². The molecule has 0 aromatic carbocycles. The third kappa shape index (κ3) is 2.17. The first kappa shape index (κ1) is 9.01. The van der Waals surface area contributed by atoms with Gasteiger partial charge >= 0.3 is 0 Å². The number of likely N-dealkylation sites (N-methyl/N-ethyl adjacent to an activating group) is 2. The molecule has 66 valence electrons. The van der Waals surface area contributed by atoms with Gasteiger partial charge in [-0.2, -0.15) is 0 Å². The van der Waals surface area contributed by atoms with Crippen LogP contribution in [0, 0.1) is 5.92 Å². The molecule has 2 nitrogen and oxygen atoms in total. The van der Waals surface area contributed by atoms with Crippen molar-refractivity contribution in [1.82, 2.24) is 10.2 Å². The highest BCUT2D eigenvalue weighted by Gasteiger charge is 2.27. The first-order valence-corrected chi connectivity index (χ1v) is 4.73. The Hall–Kier alpha value is -0.0800. The summed E-state index contributed by atoms with van der Waals surface area (Å²) in [5.74, 6) is 0.829. The maximum Gasteiger partial charge on any atom is 0.0232 e. The van der Waals surface area contributed by atoms with Gasteiger partial charge in [0.05, 0.1) is 0 Å². The molecular weight excluding hydrogens is 136 g/mol. The number of rotatable bonds is 3. The fraction of sp³-hybridized carbons (Fsp3) is 1.00. The van der Waals surface area contributed by atoms with Crippen molar-refractivity contribution in [3.05, 3.63) is 0 Å². The van der Waals surface area contributed by atoms with Crippen LogP contribution in [-0.2, 0) is 0 Å². The molecule has 1 saturated heterocycles. The number of hydrogen-bond acceptors (Lipinski definition) is 2. The Morgan fingerprint density at radius 2 is 2.09 bits per heavy atom. The van der Waals surface area contributed by atoms with Crippen LogP contribution in [0.2, 0.25) is 0 Å². The highest BCUT2D eigenvalue weighted by Crippen LogP contribution is 2.15. The van der Waals surface area contributed by atoms with Gasteiger partial charge in [-0.25, -0.2) is 0 Å². The minimum Gasteiger partial charge on any atom is -0.313 e. The van der Waals surface area contributed by atoms with Crippen LogP contribution < -0.4 is 5.32 Å². The molecule has 2 atom stereocenters. The van der Waals surface area contributed by atoms with Gasteiger partial charge in [-0.1, -0.05) is 20.8 Å². The maximum absolute atomic E-state index is 3.52. The molecule has 0 saturated carbocycles. The van der Waals surface area contributed by atoms with Gasteiger partial charge in [0.2, 0.25) is 0 Å². The summed E-state index contributed by atoms with van der Waals surface area (Å²) in [6.45, 7) is 11.6. The lowest BCUT2D eigenvalue weighted by Gasteiger charge is -2.14. The second-order valence-electron chi connectivity index (χ2n) is 3.49. The van der Waals surface area contributed by atoms with Crippen molar-refractivity contribution < 1.29 is 0 Å². The van der Waals surface area contributed by atoms with E-state index in [1.54, 1.807) is 0 Å². The van der Waals surface area contributed by atoms with E-state index in [4.69, 9.17) is 0 Å². The second-order valence-corrected chi connectivity index (χ2v) is 3.49. The molecule has 0 aromatic heterocycles. The summed E-state index contributed by atoms with van der Waals surface area (Å²) in [7, 11) is 0. The van der Waals surface area contributed by atoms with Gasteiger partial charge in [0.25, 0.3) is 0 Å². The Kier molecular flexibility index (Phi) is 3.34. The average molecular weight is 156 g/mol. The van der Waals surface area contributed by atoms with Crippen LogP contribution in [0.15, 0.2) is 0 Å². The van der Waals surface area contributed by atoms with Crippen molar-refractivity contribution in [1.29, 1.82) is 0 Å². The summed E-state index contributed by atoms with van der Waals surface area (Å²) in [4.78, 5) is 2.51. The van der Waals surface area contributed by atoms with Crippen LogP contribution in [0.25, 0.3) is 0 Å². The maximum atomic E-state index is 3.52. The largest absolute Gasteiger partial charge is 0.313 e. The topological polar surface area (TPSA) is 15.3 Å². The van der Waals surface area contributed by atoms with Crippen molar-refractivity contribution in [3.8, 4) is 0 Å². The summed E-state index contributed by atoms with van der Waals surface area (Å²) in [6, 6.07) is 0.736. The Labute approximate surface area is 70.0 Å². The molecule has 11 heavy (non-hydrogen) atoms. The van der Waals surface area contributed by atoms with E-state index in [-0.39, 0.29) is 0 Å².